The molecule has 2 heterocycles. The first-order valence-electron chi connectivity index (χ1n) is 4.51. The molecule has 3 nitrogen and oxygen atoms in total. The van der Waals surface area contributed by atoms with Crippen LogP contribution in [-0.2, 0) is 6.54 Å². The summed E-state index contributed by atoms with van der Waals surface area (Å²) in [6.45, 7) is 2.73. The zero-order valence-electron chi connectivity index (χ0n) is 8.20. The Hall–Kier alpha value is -0.940. The Morgan fingerprint density at radius 2 is 2.13 bits per heavy atom. The minimum atomic E-state index is 0.788. The number of nitrogens with one attached hydrogen (secondary N) is 1. The minimum absolute atomic E-state index is 0.788. The van der Waals surface area contributed by atoms with Crippen molar-refractivity contribution in [3.63, 3.8) is 0 Å². The lowest BCUT2D eigenvalue weighted by molar-refractivity contribution is 1.06. The second-order valence-electron chi connectivity index (χ2n) is 3.05. The summed E-state index contributed by atoms with van der Waals surface area (Å²) in [6, 6.07) is 4.14. The molecular weight excluding hydrogens is 274 g/mol. The van der Waals surface area contributed by atoms with Crippen LogP contribution in [0.2, 0.25) is 0 Å². The number of aryl methyl sites for hydroxylation is 1. The molecule has 0 atom stereocenters. The largest absolute Gasteiger partial charge is 0.364 e. The lowest BCUT2D eigenvalue weighted by atomic mass is 10.4. The van der Waals surface area contributed by atoms with Gasteiger partial charge in [-0.25, -0.2) is 4.98 Å². The van der Waals surface area contributed by atoms with Crippen molar-refractivity contribution < 1.29 is 0 Å². The summed E-state index contributed by atoms with van der Waals surface area (Å²) < 4.78 is 1.15. The third-order valence-electron chi connectivity index (χ3n) is 1.94. The van der Waals surface area contributed by atoms with Crippen molar-refractivity contribution in [2.45, 2.75) is 13.5 Å². The molecule has 0 saturated carbocycles. The first-order chi connectivity index (χ1) is 7.25. The van der Waals surface area contributed by atoms with E-state index in [1.54, 1.807) is 23.7 Å². The molecule has 2 rings (SSSR count). The van der Waals surface area contributed by atoms with Gasteiger partial charge in [0.15, 0.2) is 0 Å². The standard InChI is InChI=1S/C10H10BrN3S/c1-7-10(13-5-4-12-7)14-6-8-2-3-9(11)15-8/h2-5H,6H2,1H3,(H,13,14). The predicted octanol–water partition coefficient (Wildman–Crippen LogP) is 3.22. The summed E-state index contributed by atoms with van der Waals surface area (Å²) >= 11 is 5.15. The minimum Gasteiger partial charge on any atom is -0.364 e. The van der Waals surface area contributed by atoms with Gasteiger partial charge in [0.2, 0.25) is 0 Å². The quantitative estimate of drug-likeness (QED) is 0.940. The molecule has 0 aliphatic rings. The molecule has 0 aliphatic carbocycles. The van der Waals surface area contributed by atoms with Crippen molar-refractivity contribution in [2.24, 2.45) is 0 Å². The van der Waals surface area contributed by atoms with Crippen LogP contribution in [0, 0.1) is 6.92 Å². The molecule has 0 radical (unpaired) electrons. The third kappa shape index (κ3) is 2.76. The average Bonchev–Trinajstić information content (AvgIpc) is 2.63. The molecule has 0 aromatic carbocycles. The first-order valence-corrected chi connectivity index (χ1v) is 6.12. The highest BCUT2D eigenvalue weighted by Crippen LogP contribution is 2.22. The molecule has 78 valence electrons. The van der Waals surface area contributed by atoms with Crippen LogP contribution >= 0.6 is 27.3 Å². The van der Waals surface area contributed by atoms with E-state index in [-0.39, 0.29) is 0 Å². The van der Waals surface area contributed by atoms with Gasteiger partial charge in [0.25, 0.3) is 0 Å². The highest BCUT2D eigenvalue weighted by molar-refractivity contribution is 9.11. The van der Waals surface area contributed by atoms with Gasteiger partial charge >= 0.3 is 0 Å². The van der Waals surface area contributed by atoms with E-state index in [0.717, 1.165) is 21.8 Å². The predicted molar refractivity (Wildman–Crippen MR) is 66.1 cm³/mol. The monoisotopic (exact) mass is 283 g/mol. The summed E-state index contributed by atoms with van der Waals surface area (Å²) in [6.07, 6.45) is 3.39. The molecule has 0 amide bonds. The third-order valence-corrected chi connectivity index (χ3v) is 3.56. The van der Waals surface area contributed by atoms with Crippen LogP contribution in [0.5, 0.6) is 0 Å². The Balaban J connectivity index is 2.02. The number of aromatic nitrogens is 2. The van der Waals surface area contributed by atoms with Gasteiger partial charge in [-0.3, -0.25) is 4.98 Å². The van der Waals surface area contributed by atoms with E-state index in [2.05, 4.69) is 37.3 Å². The van der Waals surface area contributed by atoms with Crippen molar-refractivity contribution in [3.8, 4) is 0 Å². The Bertz CT molecular complexity index is 455. The maximum absolute atomic E-state index is 4.22. The number of nitrogens with zero attached hydrogens (tertiary/aromatic N) is 2. The van der Waals surface area contributed by atoms with Crippen molar-refractivity contribution in [2.75, 3.05) is 5.32 Å². The summed E-state index contributed by atoms with van der Waals surface area (Å²) in [4.78, 5) is 9.66. The zero-order chi connectivity index (χ0) is 10.7. The van der Waals surface area contributed by atoms with Crippen molar-refractivity contribution in [1.82, 2.24) is 9.97 Å². The van der Waals surface area contributed by atoms with E-state index in [0.29, 0.717) is 0 Å². The van der Waals surface area contributed by atoms with Gasteiger partial charge in [-0.15, -0.1) is 11.3 Å². The Labute approximate surface area is 101 Å². The van der Waals surface area contributed by atoms with Crippen LogP contribution in [0.4, 0.5) is 5.82 Å². The van der Waals surface area contributed by atoms with E-state index in [4.69, 9.17) is 0 Å². The van der Waals surface area contributed by atoms with Crippen LogP contribution in [0.1, 0.15) is 10.6 Å². The van der Waals surface area contributed by atoms with Gasteiger partial charge in [-0.1, -0.05) is 0 Å². The molecule has 5 heteroatoms. The van der Waals surface area contributed by atoms with Crippen LogP contribution in [0.3, 0.4) is 0 Å². The Morgan fingerprint density at radius 1 is 1.33 bits per heavy atom. The van der Waals surface area contributed by atoms with E-state index in [1.165, 1.54) is 4.88 Å². The summed E-state index contributed by atoms with van der Waals surface area (Å²) in [5, 5.41) is 3.26. The molecule has 15 heavy (non-hydrogen) atoms. The fraction of sp³-hybridized carbons (Fsp3) is 0.200. The van der Waals surface area contributed by atoms with E-state index in [9.17, 15) is 0 Å². The van der Waals surface area contributed by atoms with Gasteiger partial charge in [0, 0.05) is 17.3 Å². The van der Waals surface area contributed by atoms with Gasteiger partial charge in [-0.05, 0) is 35.0 Å². The van der Waals surface area contributed by atoms with Gasteiger partial charge in [0.05, 0.1) is 16.0 Å². The second-order valence-corrected chi connectivity index (χ2v) is 5.60. The van der Waals surface area contributed by atoms with Gasteiger partial charge in [0.1, 0.15) is 5.82 Å². The van der Waals surface area contributed by atoms with Crippen LogP contribution in [0.25, 0.3) is 0 Å². The van der Waals surface area contributed by atoms with Gasteiger partial charge in [-0.2, -0.15) is 0 Å². The number of hydrogen-bond acceptors (Lipinski definition) is 4. The van der Waals surface area contributed by atoms with Crippen molar-refractivity contribution in [3.05, 3.63) is 38.9 Å². The molecule has 0 bridgehead atoms. The van der Waals surface area contributed by atoms with Crippen molar-refractivity contribution >= 4 is 33.1 Å². The molecule has 0 unspecified atom stereocenters. The molecule has 2 aromatic heterocycles. The normalized spacial score (nSPS) is 10.3. The molecule has 1 N–H and O–H groups in total. The second kappa shape index (κ2) is 4.72. The summed E-state index contributed by atoms with van der Waals surface area (Å²) in [5.41, 5.74) is 0.924. The lowest BCUT2D eigenvalue weighted by Crippen LogP contribution is -2.02. The fourth-order valence-corrected chi connectivity index (χ4v) is 2.62. The molecule has 0 aliphatic heterocycles. The highest BCUT2D eigenvalue weighted by Gasteiger charge is 2.01. The number of halogens is 1. The zero-order valence-corrected chi connectivity index (χ0v) is 10.6. The van der Waals surface area contributed by atoms with Gasteiger partial charge < -0.3 is 5.32 Å². The average molecular weight is 284 g/mol. The number of anilines is 1. The molecule has 2 aromatic rings. The van der Waals surface area contributed by atoms with E-state index in [1.807, 2.05) is 13.0 Å². The SMILES string of the molecule is Cc1nccnc1NCc1ccc(Br)s1. The molecule has 0 spiro atoms. The molecular formula is C10H10BrN3S. The Morgan fingerprint density at radius 3 is 2.80 bits per heavy atom. The smallest absolute Gasteiger partial charge is 0.147 e. The Kier molecular flexibility index (Phi) is 3.33. The van der Waals surface area contributed by atoms with E-state index < -0.39 is 0 Å². The maximum atomic E-state index is 4.22. The first kappa shape index (κ1) is 10.6. The topological polar surface area (TPSA) is 37.8 Å². The molecule has 0 saturated heterocycles. The number of thiophene rings is 1. The van der Waals surface area contributed by atoms with Crippen LogP contribution in [0.15, 0.2) is 28.3 Å². The van der Waals surface area contributed by atoms with Crippen molar-refractivity contribution in [1.29, 1.82) is 0 Å². The van der Waals surface area contributed by atoms with Crippen LogP contribution < -0.4 is 5.32 Å². The summed E-state index contributed by atoms with van der Waals surface area (Å²) in [5.74, 6) is 0.849. The highest BCUT2D eigenvalue weighted by atomic mass is 79.9. The maximum Gasteiger partial charge on any atom is 0.147 e. The van der Waals surface area contributed by atoms with E-state index >= 15 is 0 Å². The molecule has 0 fully saturated rings. The number of rotatable bonds is 3. The van der Waals surface area contributed by atoms with Crippen LogP contribution in [-0.4, -0.2) is 9.97 Å². The summed E-state index contributed by atoms with van der Waals surface area (Å²) in [7, 11) is 0. The lowest BCUT2D eigenvalue weighted by Gasteiger charge is -2.05. The number of hydrogen-bond donors (Lipinski definition) is 1. The fourth-order valence-electron chi connectivity index (χ4n) is 1.20.